The molecule has 154 valence electrons. The Hall–Kier alpha value is -3.08. The van der Waals surface area contributed by atoms with Crippen molar-refractivity contribution in [2.45, 2.75) is 33.3 Å². The second kappa shape index (κ2) is 12.4. The van der Waals surface area contributed by atoms with Gasteiger partial charge in [0.15, 0.2) is 0 Å². The van der Waals surface area contributed by atoms with Crippen molar-refractivity contribution >= 4 is 18.0 Å². The second-order valence-electron chi connectivity index (χ2n) is 6.56. The lowest BCUT2D eigenvalue weighted by atomic mass is 10.2. The lowest BCUT2D eigenvalue weighted by molar-refractivity contribution is -0.143. The maximum atomic E-state index is 12.5. The van der Waals surface area contributed by atoms with E-state index >= 15 is 0 Å². The molecule has 0 aliphatic heterocycles. The number of amides is 1. The lowest BCUT2D eigenvalue weighted by Crippen LogP contribution is -2.32. The molecule has 29 heavy (non-hydrogen) atoms. The highest BCUT2D eigenvalue weighted by atomic mass is 16.5. The van der Waals surface area contributed by atoms with Crippen LogP contribution in [-0.2, 0) is 20.9 Å². The van der Waals surface area contributed by atoms with Gasteiger partial charge in [-0.3, -0.25) is 9.59 Å². The van der Waals surface area contributed by atoms with Gasteiger partial charge in [-0.25, -0.2) is 0 Å². The number of carbonyl (C=O) groups is 2. The molecular formula is C24H29NO4. The van der Waals surface area contributed by atoms with Gasteiger partial charge in [0.05, 0.1) is 13.0 Å². The smallest absolute Gasteiger partial charge is 0.307 e. The van der Waals surface area contributed by atoms with Gasteiger partial charge in [-0.1, -0.05) is 49.4 Å². The van der Waals surface area contributed by atoms with Crippen LogP contribution in [-0.4, -0.2) is 36.5 Å². The number of benzene rings is 2. The van der Waals surface area contributed by atoms with E-state index in [0.717, 1.165) is 23.3 Å². The summed E-state index contributed by atoms with van der Waals surface area (Å²) in [5.74, 6) is 0.344. The summed E-state index contributed by atoms with van der Waals surface area (Å²) in [5.41, 5.74) is 1.98. The van der Waals surface area contributed by atoms with E-state index in [2.05, 4.69) is 0 Å². The SMILES string of the molecule is CCCN(CCC(=O)OCC)C(=O)/C=C/c1cccc(OCc2ccccc2)c1. The van der Waals surface area contributed by atoms with Crippen LogP contribution >= 0.6 is 0 Å². The molecule has 0 saturated carbocycles. The number of nitrogens with zero attached hydrogens (tertiary/aromatic N) is 1. The zero-order valence-electron chi connectivity index (χ0n) is 17.2. The van der Waals surface area contributed by atoms with Crippen molar-refractivity contribution in [2.24, 2.45) is 0 Å². The van der Waals surface area contributed by atoms with Gasteiger partial charge < -0.3 is 14.4 Å². The zero-order valence-corrected chi connectivity index (χ0v) is 17.2. The molecule has 2 rings (SSSR count). The molecule has 0 fully saturated rings. The van der Waals surface area contributed by atoms with E-state index < -0.39 is 0 Å². The van der Waals surface area contributed by atoms with E-state index in [-0.39, 0.29) is 18.3 Å². The number of hydrogen-bond acceptors (Lipinski definition) is 4. The summed E-state index contributed by atoms with van der Waals surface area (Å²) in [7, 11) is 0. The predicted octanol–water partition coefficient (Wildman–Crippen LogP) is 4.47. The van der Waals surface area contributed by atoms with Crippen molar-refractivity contribution in [3.8, 4) is 5.75 Å². The first-order valence-corrected chi connectivity index (χ1v) is 10.0. The van der Waals surface area contributed by atoms with Crippen LogP contribution in [0.15, 0.2) is 60.7 Å². The number of hydrogen-bond donors (Lipinski definition) is 0. The van der Waals surface area contributed by atoms with Gasteiger partial charge in [0, 0.05) is 19.2 Å². The molecule has 0 radical (unpaired) electrons. The highest BCUT2D eigenvalue weighted by Gasteiger charge is 2.12. The normalized spacial score (nSPS) is 10.7. The minimum absolute atomic E-state index is 0.119. The minimum Gasteiger partial charge on any atom is -0.489 e. The van der Waals surface area contributed by atoms with Gasteiger partial charge in [0.1, 0.15) is 12.4 Å². The third kappa shape index (κ3) is 8.21. The van der Waals surface area contributed by atoms with Gasteiger partial charge >= 0.3 is 5.97 Å². The Bertz CT molecular complexity index is 802. The van der Waals surface area contributed by atoms with Crippen molar-refractivity contribution in [3.63, 3.8) is 0 Å². The Balaban J connectivity index is 1.93. The fourth-order valence-corrected chi connectivity index (χ4v) is 2.78. The van der Waals surface area contributed by atoms with Crippen molar-refractivity contribution in [2.75, 3.05) is 19.7 Å². The van der Waals surface area contributed by atoms with Crippen LogP contribution in [0, 0.1) is 0 Å². The third-order valence-corrected chi connectivity index (χ3v) is 4.22. The summed E-state index contributed by atoms with van der Waals surface area (Å²) in [5, 5.41) is 0. The third-order valence-electron chi connectivity index (χ3n) is 4.22. The highest BCUT2D eigenvalue weighted by molar-refractivity contribution is 5.92. The summed E-state index contributed by atoms with van der Waals surface area (Å²) in [6.07, 6.45) is 4.34. The van der Waals surface area contributed by atoms with Crippen LogP contribution in [0.25, 0.3) is 6.08 Å². The summed E-state index contributed by atoms with van der Waals surface area (Å²) < 4.78 is 10.8. The molecule has 5 heteroatoms. The molecule has 0 heterocycles. The summed E-state index contributed by atoms with van der Waals surface area (Å²) in [4.78, 5) is 25.8. The maximum absolute atomic E-state index is 12.5. The van der Waals surface area contributed by atoms with Gasteiger partial charge in [-0.2, -0.15) is 0 Å². The summed E-state index contributed by atoms with van der Waals surface area (Å²) in [6, 6.07) is 17.6. The van der Waals surface area contributed by atoms with E-state index in [1.165, 1.54) is 6.08 Å². The molecule has 0 saturated heterocycles. The summed E-state index contributed by atoms with van der Waals surface area (Å²) in [6.45, 7) is 5.57. The Morgan fingerprint density at radius 3 is 2.52 bits per heavy atom. The van der Waals surface area contributed by atoms with E-state index in [4.69, 9.17) is 9.47 Å². The van der Waals surface area contributed by atoms with Crippen molar-refractivity contribution in [1.29, 1.82) is 0 Å². The first kappa shape index (κ1) is 22.2. The van der Waals surface area contributed by atoms with Crippen molar-refractivity contribution in [1.82, 2.24) is 4.90 Å². The van der Waals surface area contributed by atoms with Crippen LogP contribution in [0.1, 0.15) is 37.8 Å². The molecule has 0 aliphatic rings. The first-order chi connectivity index (χ1) is 14.1. The Morgan fingerprint density at radius 2 is 1.79 bits per heavy atom. The second-order valence-corrected chi connectivity index (χ2v) is 6.56. The average Bonchev–Trinajstić information content (AvgIpc) is 2.75. The number of carbonyl (C=O) groups excluding carboxylic acids is 2. The van der Waals surface area contributed by atoms with Gasteiger partial charge in [-0.15, -0.1) is 0 Å². The van der Waals surface area contributed by atoms with E-state index in [0.29, 0.717) is 26.3 Å². The van der Waals surface area contributed by atoms with Gasteiger partial charge in [-0.05, 0) is 42.7 Å². The first-order valence-electron chi connectivity index (χ1n) is 10.0. The number of esters is 1. The van der Waals surface area contributed by atoms with E-state index in [9.17, 15) is 9.59 Å². The van der Waals surface area contributed by atoms with Crippen LogP contribution in [0.3, 0.4) is 0 Å². The lowest BCUT2D eigenvalue weighted by Gasteiger charge is -2.20. The maximum Gasteiger partial charge on any atom is 0.307 e. The Labute approximate surface area is 172 Å². The fraction of sp³-hybridized carbons (Fsp3) is 0.333. The predicted molar refractivity (Wildman–Crippen MR) is 114 cm³/mol. The van der Waals surface area contributed by atoms with E-state index in [1.54, 1.807) is 17.9 Å². The number of ether oxygens (including phenoxy) is 2. The largest absolute Gasteiger partial charge is 0.489 e. The standard InChI is InChI=1S/C24H29NO4/c1-3-16-25(17-15-24(27)28-4-2)23(26)14-13-20-11-8-12-22(18-20)29-19-21-9-6-5-7-10-21/h5-14,18H,3-4,15-17,19H2,1-2H3/b14-13+. The molecule has 0 bridgehead atoms. The molecule has 0 N–H and O–H groups in total. The van der Waals surface area contributed by atoms with E-state index in [1.807, 2.05) is 61.5 Å². The molecule has 0 aromatic heterocycles. The zero-order chi connectivity index (χ0) is 20.9. The van der Waals surface area contributed by atoms with Gasteiger partial charge in [0.25, 0.3) is 0 Å². The van der Waals surface area contributed by atoms with Crippen molar-refractivity contribution < 1.29 is 19.1 Å². The van der Waals surface area contributed by atoms with Gasteiger partial charge in [0.2, 0.25) is 5.91 Å². The highest BCUT2D eigenvalue weighted by Crippen LogP contribution is 2.16. The monoisotopic (exact) mass is 395 g/mol. The fourth-order valence-electron chi connectivity index (χ4n) is 2.78. The number of rotatable bonds is 11. The molecule has 2 aromatic carbocycles. The Morgan fingerprint density at radius 1 is 1.00 bits per heavy atom. The van der Waals surface area contributed by atoms with Crippen molar-refractivity contribution in [3.05, 3.63) is 71.8 Å². The minimum atomic E-state index is -0.284. The topological polar surface area (TPSA) is 55.8 Å². The molecule has 2 aromatic rings. The molecule has 0 aliphatic carbocycles. The van der Waals surface area contributed by atoms with Crippen LogP contribution < -0.4 is 4.74 Å². The Kier molecular flexibility index (Phi) is 9.49. The average molecular weight is 395 g/mol. The molecule has 0 spiro atoms. The molecule has 1 amide bonds. The van der Waals surface area contributed by atoms with Crippen LogP contribution in [0.5, 0.6) is 5.75 Å². The molecular weight excluding hydrogens is 366 g/mol. The molecule has 0 unspecified atom stereocenters. The summed E-state index contributed by atoms with van der Waals surface area (Å²) >= 11 is 0. The quantitative estimate of drug-likeness (QED) is 0.416. The van der Waals surface area contributed by atoms with Crippen LogP contribution in [0.2, 0.25) is 0 Å². The molecule has 0 atom stereocenters. The molecule has 5 nitrogen and oxygen atoms in total. The van der Waals surface area contributed by atoms with Crippen LogP contribution in [0.4, 0.5) is 0 Å².